The summed E-state index contributed by atoms with van der Waals surface area (Å²) in [5.41, 5.74) is 0. The van der Waals surface area contributed by atoms with Gasteiger partial charge in [0.1, 0.15) is 0 Å². The van der Waals surface area contributed by atoms with E-state index in [9.17, 15) is 0 Å². The van der Waals surface area contributed by atoms with Gasteiger partial charge in [-0.15, -0.1) is 0 Å². The zero-order valence-electron chi connectivity index (χ0n) is 13.6. The highest BCUT2D eigenvalue weighted by Gasteiger charge is 2.41. The summed E-state index contributed by atoms with van der Waals surface area (Å²) < 4.78 is 8.50. The molecule has 4 heteroatoms. The second-order valence-electron chi connectivity index (χ2n) is 6.70. The Morgan fingerprint density at radius 1 is 0.524 bits per heavy atom. The third-order valence-electron chi connectivity index (χ3n) is 5.31. The Morgan fingerprint density at radius 2 is 0.810 bits per heavy atom. The minimum atomic E-state index is -1.08. The summed E-state index contributed by atoms with van der Waals surface area (Å²) in [6, 6.07) is 0. The minimum Gasteiger partial charge on any atom is -0.241 e. The Bertz CT molecular complexity index is 283. The molecule has 0 saturated carbocycles. The molecule has 3 saturated heterocycles. The smallest absolute Gasteiger partial charge is 0.00996 e. The van der Waals surface area contributed by atoms with Crippen molar-refractivity contribution in [2.24, 2.45) is 0 Å². The van der Waals surface area contributed by atoms with Gasteiger partial charge in [-0.25, -0.2) is 12.9 Å². The molecule has 0 aromatic heterocycles. The van der Waals surface area contributed by atoms with E-state index in [1.807, 2.05) is 0 Å². The first-order valence-corrected chi connectivity index (χ1v) is 10.7. The van der Waals surface area contributed by atoms with Gasteiger partial charge in [0.25, 0.3) is 0 Å². The maximum Gasteiger partial charge on any atom is 0.00996 e. The molecule has 3 rings (SSSR count). The standard InChI is InChI=1S/C17H33N3S/c1-2-21(18-12-6-3-7-13-18,19-14-8-4-9-15-19)20-16-10-5-11-17-20/h2H,1,3-17H2. The van der Waals surface area contributed by atoms with Crippen molar-refractivity contribution in [3.63, 3.8) is 0 Å². The highest BCUT2D eigenvalue weighted by molar-refractivity contribution is 8.30. The second-order valence-corrected chi connectivity index (χ2v) is 9.70. The van der Waals surface area contributed by atoms with Gasteiger partial charge in [0, 0.05) is 39.3 Å². The van der Waals surface area contributed by atoms with Gasteiger partial charge in [-0.2, -0.15) is 0 Å². The van der Waals surface area contributed by atoms with Crippen molar-refractivity contribution < 1.29 is 0 Å². The number of piperidine rings is 3. The fraction of sp³-hybridized carbons (Fsp3) is 0.882. The molecule has 0 radical (unpaired) electrons. The maximum atomic E-state index is 4.37. The van der Waals surface area contributed by atoms with Crippen molar-refractivity contribution in [1.82, 2.24) is 12.9 Å². The average Bonchev–Trinajstić information content (AvgIpc) is 2.59. The van der Waals surface area contributed by atoms with Crippen molar-refractivity contribution >= 4 is 10.6 Å². The Balaban J connectivity index is 1.87. The van der Waals surface area contributed by atoms with Gasteiger partial charge in [-0.05, 0) is 54.5 Å². The molecule has 3 nitrogen and oxygen atoms in total. The van der Waals surface area contributed by atoms with Gasteiger partial charge in [0.15, 0.2) is 0 Å². The van der Waals surface area contributed by atoms with Gasteiger partial charge in [0.2, 0.25) is 0 Å². The van der Waals surface area contributed by atoms with Gasteiger partial charge in [-0.1, -0.05) is 25.8 Å². The SMILES string of the molecule is C=CS(N1CCCCC1)(N1CCCCC1)N1CCCCC1. The first-order chi connectivity index (χ1) is 10.4. The molecule has 3 fully saturated rings. The van der Waals surface area contributed by atoms with E-state index in [4.69, 9.17) is 0 Å². The second kappa shape index (κ2) is 7.49. The molecule has 0 atom stereocenters. The highest BCUT2D eigenvalue weighted by atomic mass is 32.3. The summed E-state index contributed by atoms with van der Waals surface area (Å²) in [6.45, 7) is 12.1. The highest BCUT2D eigenvalue weighted by Crippen LogP contribution is 2.61. The molecular formula is C17H33N3S. The average molecular weight is 312 g/mol. The van der Waals surface area contributed by atoms with E-state index in [1.165, 1.54) is 97.1 Å². The third kappa shape index (κ3) is 3.19. The van der Waals surface area contributed by atoms with Crippen molar-refractivity contribution in [3.05, 3.63) is 12.0 Å². The first-order valence-electron chi connectivity index (χ1n) is 9.09. The van der Waals surface area contributed by atoms with Crippen LogP contribution >= 0.6 is 10.6 Å². The summed E-state index contributed by atoms with van der Waals surface area (Å²) in [5.74, 6) is 0. The van der Waals surface area contributed by atoms with E-state index >= 15 is 0 Å². The number of nitrogens with zero attached hydrogens (tertiary/aromatic N) is 3. The number of hydrogen-bond acceptors (Lipinski definition) is 3. The molecule has 0 bridgehead atoms. The van der Waals surface area contributed by atoms with Crippen LogP contribution in [0.15, 0.2) is 12.0 Å². The summed E-state index contributed by atoms with van der Waals surface area (Å²) >= 11 is 0. The largest absolute Gasteiger partial charge is 0.241 e. The minimum absolute atomic E-state index is 1.08. The van der Waals surface area contributed by atoms with Gasteiger partial charge in [0.05, 0.1) is 0 Å². The lowest BCUT2D eigenvalue weighted by atomic mass is 10.2. The number of hydrogen-bond donors (Lipinski definition) is 0. The van der Waals surface area contributed by atoms with E-state index in [1.54, 1.807) is 0 Å². The molecule has 0 amide bonds. The van der Waals surface area contributed by atoms with Crippen LogP contribution in [0.5, 0.6) is 0 Å². The van der Waals surface area contributed by atoms with E-state index in [-0.39, 0.29) is 0 Å². The van der Waals surface area contributed by atoms with Crippen molar-refractivity contribution in [2.75, 3.05) is 39.3 Å². The van der Waals surface area contributed by atoms with Crippen LogP contribution in [0.1, 0.15) is 57.8 Å². The normalized spacial score (nSPS) is 28.4. The van der Waals surface area contributed by atoms with Crippen LogP contribution in [0.4, 0.5) is 0 Å². The molecule has 0 spiro atoms. The summed E-state index contributed by atoms with van der Waals surface area (Å²) in [5, 5.41) is 2.37. The van der Waals surface area contributed by atoms with Gasteiger partial charge < -0.3 is 0 Å². The lowest BCUT2D eigenvalue weighted by Crippen LogP contribution is -2.52. The van der Waals surface area contributed by atoms with Crippen LogP contribution in [0, 0.1) is 0 Å². The first kappa shape index (κ1) is 15.9. The van der Waals surface area contributed by atoms with Crippen LogP contribution in [0.3, 0.4) is 0 Å². The molecule has 0 N–H and O–H groups in total. The zero-order chi connectivity index (χ0) is 14.5. The van der Waals surface area contributed by atoms with Crippen LogP contribution in [0.25, 0.3) is 0 Å². The molecule has 0 aromatic rings. The van der Waals surface area contributed by atoms with Crippen LogP contribution < -0.4 is 0 Å². The summed E-state index contributed by atoms with van der Waals surface area (Å²) in [4.78, 5) is 0. The van der Waals surface area contributed by atoms with Gasteiger partial charge in [-0.3, -0.25) is 0 Å². The molecule has 3 aliphatic heterocycles. The predicted molar refractivity (Wildman–Crippen MR) is 94.1 cm³/mol. The Labute approximate surface area is 133 Å². The van der Waals surface area contributed by atoms with Gasteiger partial charge >= 0.3 is 0 Å². The molecule has 21 heavy (non-hydrogen) atoms. The fourth-order valence-corrected chi connectivity index (χ4v) is 8.21. The molecule has 0 unspecified atom stereocenters. The molecule has 122 valence electrons. The van der Waals surface area contributed by atoms with Crippen molar-refractivity contribution in [2.45, 2.75) is 57.8 Å². The van der Waals surface area contributed by atoms with E-state index in [2.05, 4.69) is 24.9 Å². The lowest BCUT2D eigenvalue weighted by molar-refractivity contribution is 0.266. The van der Waals surface area contributed by atoms with E-state index in [0.29, 0.717) is 0 Å². The lowest BCUT2D eigenvalue weighted by Gasteiger charge is -2.61. The van der Waals surface area contributed by atoms with Crippen LogP contribution in [-0.2, 0) is 0 Å². The quantitative estimate of drug-likeness (QED) is 0.772. The Kier molecular flexibility index (Phi) is 5.66. The van der Waals surface area contributed by atoms with Crippen LogP contribution in [0.2, 0.25) is 0 Å². The molecule has 0 aliphatic carbocycles. The zero-order valence-corrected chi connectivity index (χ0v) is 14.5. The number of rotatable bonds is 4. The van der Waals surface area contributed by atoms with E-state index in [0.717, 1.165) is 0 Å². The fourth-order valence-electron chi connectivity index (χ4n) is 4.21. The Hall–Kier alpha value is -0.0300. The topological polar surface area (TPSA) is 9.72 Å². The third-order valence-corrected chi connectivity index (χ3v) is 9.13. The Morgan fingerprint density at radius 3 is 1.05 bits per heavy atom. The molecule has 3 aliphatic rings. The molecular weight excluding hydrogens is 278 g/mol. The maximum absolute atomic E-state index is 4.37. The van der Waals surface area contributed by atoms with Crippen molar-refractivity contribution in [3.8, 4) is 0 Å². The van der Waals surface area contributed by atoms with E-state index < -0.39 is 10.6 Å². The summed E-state index contributed by atoms with van der Waals surface area (Å²) in [7, 11) is -1.08. The predicted octanol–water partition coefficient (Wildman–Crippen LogP) is 4.14. The molecule has 3 heterocycles. The van der Waals surface area contributed by atoms with Crippen LogP contribution in [-0.4, -0.2) is 52.2 Å². The summed E-state index contributed by atoms with van der Waals surface area (Å²) in [6.07, 6.45) is 12.5. The van der Waals surface area contributed by atoms with Crippen molar-refractivity contribution in [1.29, 1.82) is 0 Å². The monoisotopic (exact) mass is 311 g/mol. The molecule has 0 aromatic carbocycles.